The number of carbonyl (C=O) groups is 1. The van der Waals surface area contributed by atoms with Gasteiger partial charge in [-0.05, 0) is 18.2 Å². The van der Waals surface area contributed by atoms with E-state index in [9.17, 15) is 4.79 Å². The Morgan fingerprint density at radius 2 is 2.19 bits per heavy atom. The van der Waals surface area contributed by atoms with Crippen LogP contribution in [0.3, 0.4) is 0 Å². The molecule has 1 unspecified atom stereocenters. The number of aliphatic imine (C=N–C) groups is 2. The van der Waals surface area contributed by atoms with E-state index in [4.69, 9.17) is 10.3 Å². The highest BCUT2D eigenvalue weighted by molar-refractivity contribution is 6.12. The number of carbonyl (C=O) groups excluding carboxylic acids is 1. The fourth-order valence-corrected chi connectivity index (χ4v) is 3.41. The highest BCUT2D eigenvalue weighted by Crippen LogP contribution is 2.38. The van der Waals surface area contributed by atoms with Crippen LogP contribution in [0, 0.1) is 0 Å². The van der Waals surface area contributed by atoms with E-state index >= 15 is 0 Å². The van der Waals surface area contributed by atoms with Crippen LogP contribution in [0.5, 0.6) is 0 Å². The van der Waals surface area contributed by atoms with Crippen molar-refractivity contribution in [3.63, 3.8) is 0 Å². The average Bonchev–Trinajstić information content (AvgIpc) is 3.43. The average molecular weight is 367 g/mol. The molecule has 0 spiro atoms. The van der Waals surface area contributed by atoms with Crippen LogP contribution in [0.1, 0.15) is 5.76 Å². The summed E-state index contributed by atoms with van der Waals surface area (Å²) in [6.45, 7) is 1.02. The van der Waals surface area contributed by atoms with Crippen LogP contribution >= 0.6 is 0 Å². The zero-order valence-electron chi connectivity index (χ0n) is 14.5. The second kappa shape index (κ2) is 5.71. The number of rotatable bonds is 4. The van der Waals surface area contributed by atoms with Gasteiger partial charge in [0.25, 0.3) is 0 Å². The molecule has 3 aliphatic rings. The maximum Gasteiger partial charge on any atom is 0.341 e. The van der Waals surface area contributed by atoms with Gasteiger partial charge in [-0.2, -0.15) is 5.10 Å². The zero-order chi connectivity index (χ0) is 18.5. The number of aromatic nitrogens is 2. The topological polar surface area (TPSA) is 112 Å². The lowest BCUT2D eigenvalue weighted by atomic mass is 10.2. The molecular weight excluding hydrogens is 350 g/mol. The Bertz CT molecular complexity index is 960. The third-order valence-corrected chi connectivity index (χ3v) is 4.69. The number of urea groups is 1. The summed E-state index contributed by atoms with van der Waals surface area (Å²) < 4.78 is 7.28. The molecule has 11 nitrogen and oxygen atoms in total. The van der Waals surface area contributed by atoms with E-state index in [2.05, 4.69) is 15.1 Å². The molecular formula is C16H17N9O2. The Hall–Kier alpha value is -3.60. The number of amides is 2. The van der Waals surface area contributed by atoms with Crippen molar-refractivity contribution in [2.24, 2.45) is 15.8 Å². The minimum Gasteiger partial charge on any atom is -0.463 e. The molecule has 27 heavy (non-hydrogen) atoms. The first-order valence-corrected chi connectivity index (χ1v) is 8.40. The third-order valence-electron chi connectivity index (χ3n) is 4.69. The van der Waals surface area contributed by atoms with Crippen LogP contribution in [0.25, 0.3) is 5.70 Å². The molecule has 1 atom stereocenters. The van der Waals surface area contributed by atoms with Crippen LogP contribution in [0.15, 0.2) is 57.0 Å². The van der Waals surface area contributed by atoms with Gasteiger partial charge in [-0.3, -0.25) is 9.58 Å². The Kier molecular flexibility index (Phi) is 3.31. The maximum atomic E-state index is 12.8. The van der Waals surface area contributed by atoms with Crippen LogP contribution in [0.2, 0.25) is 0 Å². The molecule has 5 heterocycles. The van der Waals surface area contributed by atoms with Crippen LogP contribution in [-0.4, -0.2) is 67.8 Å². The Labute approximate surface area is 154 Å². The van der Waals surface area contributed by atoms with E-state index in [0.717, 1.165) is 0 Å². The molecule has 0 aromatic carbocycles. The molecule has 3 aliphatic heterocycles. The largest absolute Gasteiger partial charge is 0.463 e. The summed E-state index contributed by atoms with van der Waals surface area (Å²) >= 11 is 0. The van der Waals surface area contributed by atoms with E-state index < -0.39 is 6.29 Å². The summed E-state index contributed by atoms with van der Waals surface area (Å²) in [5.41, 5.74) is 1.22. The van der Waals surface area contributed by atoms with Crippen molar-refractivity contribution in [2.45, 2.75) is 12.8 Å². The fraction of sp³-hybridized carbons (Fsp3) is 0.250. The summed E-state index contributed by atoms with van der Waals surface area (Å²) in [4.78, 5) is 23.6. The molecule has 0 aliphatic carbocycles. The number of nitrogens with two attached hydrogens (primary N) is 1. The Balaban J connectivity index is 1.52. The van der Waals surface area contributed by atoms with Crippen LogP contribution in [-0.2, 0) is 6.54 Å². The van der Waals surface area contributed by atoms with Crippen molar-refractivity contribution in [3.8, 4) is 0 Å². The molecule has 2 aromatic heterocycles. The lowest BCUT2D eigenvalue weighted by Gasteiger charge is -2.28. The van der Waals surface area contributed by atoms with Crippen molar-refractivity contribution in [1.82, 2.24) is 29.7 Å². The van der Waals surface area contributed by atoms with E-state index in [1.807, 2.05) is 18.3 Å². The number of fused-ring (bicyclic) bond motifs is 3. The first-order valence-electron chi connectivity index (χ1n) is 8.40. The first kappa shape index (κ1) is 15.6. The second-order valence-corrected chi connectivity index (χ2v) is 6.24. The lowest BCUT2D eigenvalue weighted by Crippen LogP contribution is -2.44. The van der Waals surface area contributed by atoms with Crippen molar-refractivity contribution in [1.29, 1.82) is 0 Å². The second-order valence-electron chi connectivity index (χ2n) is 6.24. The standard InChI is InChI=1S/C16H17N9O2/c1-21-16(26)23(8-7-22-6-3-5-19-22)15-20-14-13(25(15)21)12(18-10-24(14)17)11-4-2-9-27-11/h2-6,9-10,15H,7-8,17H2,1H3. The number of furan rings is 1. The van der Waals surface area contributed by atoms with Gasteiger partial charge in [0, 0.05) is 26.0 Å². The Morgan fingerprint density at radius 3 is 2.93 bits per heavy atom. The molecule has 1 fully saturated rings. The van der Waals surface area contributed by atoms with Gasteiger partial charge < -0.3 is 4.42 Å². The smallest absolute Gasteiger partial charge is 0.341 e. The van der Waals surface area contributed by atoms with E-state index in [1.165, 1.54) is 16.4 Å². The highest BCUT2D eigenvalue weighted by atomic mass is 16.3. The van der Waals surface area contributed by atoms with E-state index in [1.54, 1.807) is 40.2 Å². The van der Waals surface area contributed by atoms with Crippen molar-refractivity contribution in [2.75, 3.05) is 13.6 Å². The highest BCUT2D eigenvalue weighted by Gasteiger charge is 2.51. The van der Waals surface area contributed by atoms with Gasteiger partial charge in [0.15, 0.2) is 11.6 Å². The summed E-state index contributed by atoms with van der Waals surface area (Å²) in [6, 6.07) is 5.29. The van der Waals surface area contributed by atoms with Crippen LogP contribution < -0.4 is 5.84 Å². The molecule has 2 aromatic rings. The molecule has 11 heteroatoms. The number of hydrogen-bond donors (Lipinski definition) is 1. The maximum absolute atomic E-state index is 12.8. The first-order chi connectivity index (χ1) is 13.1. The van der Waals surface area contributed by atoms with Gasteiger partial charge in [-0.25, -0.2) is 35.6 Å². The van der Waals surface area contributed by atoms with E-state index in [0.29, 0.717) is 36.1 Å². The predicted octanol–water partition coefficient (Wildman–Crippen LogP) is 0.343. The minimum atomic E-state index is -0.527. The quantitative estimate of drug-likeness (QED) is 0.780. The number of nitrogens with zero attached hydrogens (tertiary/aromatic N) is 8. The molecule has 0 saturated carbocycles. The van der Waals surface area contributed by atoms with Crippen LogP contribution in [0.4, 0.5) is 4.79 Å². The van der Waals surface area contributed by atoms with Gasteiger partial charge in [-0.15, -0.1) is 0 Å². The third kappa shape index (κ3) is 2.25. The molecule has 1 saturated heterocycles. The SMILES string of the molecule is CN1C(=O)N(CCn2cccn2)C2N=C3C(=C(c4ccco4)N=CN3N)N21. The fourth-order valence-electron chi connectivity index (χ4n) is 3.41. The number of amidine groups is 1. The molecule has 138 valence electrons. The number of hydrogen-bond acceptors (Lipinski definition) is 8. The summed E-state index contributed by atoms with van der Waals surface area (Å²) in [7, 11) is 1.70. The van der Waals surface area contributed by atoms with Gasteiger partial charge in [-0.1, -0.05) is 0 Å². The summed E-state index contributed by atoms with van der Waals surface area (Å²) in [5, 5.41) is 8.85. The zero-order valence-corrected chi connectivity index (χ0v) is 14.5. The molecule has 2 N–H and O–H groups in total. The molecule has 0 bridgehead atoms. The number of hydrazine groups is 2. The normalized spacial score (nSPS) is 21.3. The Morgan fingerprint density at radius 1 is 1.30 bits per heavy atom. The monoisotopic (exact) mass is 367 g/mol. The van der Waals surface area contributed by atoms with Gasteiger partial charge >= 0.3 is 6.03 Å². The predicted molar refractivity (Wildman–Crippen MR) is 95.3 cm³/mol. The van der Waals surface area contributed by atoms with Gasteiger partial charge in [0.1, 0.15) is 17.7 Å². The molecule has 5 rings (SSSR count). The summed E-state index contributed by atoms with van der Waals surface area (Å²) in [6.07, 6.45) is 6.10. The minimum absolute atomic E-state index is 0.153. The summed E-state index contributed by atoms with van der Waals surface area (Å²) in [5.74, 6) is 7.16. The van der Waals surface area contributed by atoms with Crippen molar-refractivity contribution < 1.29 is 9.21 Å². The molecule has 0 radical (unpaired) electrons. The van der Waals surface area contributed by atoms with E-state index in [-0.39, 0.29) is 6.03 Å². The molecule has 2 amide bonds. The van der Waals surface area contributed by atoms with Gasteiger partial charge in [0.05, 0.1) is 12.8 Å². The lowest BCUT2D eigenvalue weighted by molar-refractivity contribution is 0.0857. The van der Waals surface area contributed by atoms with Crippen molar-refractivity contribution >= 4 is 23.9 Å². The van der Waals surface area contributed by atoms with Gasteiger partial charge in [0.2, 0.25) is 6.29 Å². The van der Waals surface area contributed by atoms with Crippen molar-refractivity contribution in [3.05, 3.63) is 48.3 Å².